The number of hydrogen-bond acceptors (Lipinski definition) is 6. The van der Waals surface area contributed by atoms with Gasteiger partial charge in [-0.05, 0) is 74.1 Å². The molecule has 0 amide bonds. The molecule has 3 aromatic heterocycles. The van der Waals surface area contributed by atoms with Crippen LogP contribution in [-0.4, -0.2) is 27.2 Å². The molecule has 0 bridgehead atoms. The van der Waals surface area contributed by atoms with Crippen molar-refractivity contribution in [3.05, 3.63) is 164 Å². The Morgan fingerprint density at radius 3 is 1.98 bits per heavy atom. The summed E-state index contributed by atoms with van der Waals surface area (Å²) in [4.78, 5) is 18.3. The lowest BCUT2D eigenvalue weighted by Crippen LogP contribution is -2.11. The van der Waals surface area contributed by atoms with Crippen molar-refractivity contribution in [2.24, 2.45) is 4.99 Å². The Labute approximate surface area is 276 Å². The fraction of sp³-hybridized carbons (Fsp3) is 0.0476. The van der Waals surface area contributed by atoms with E-state index >= 15 is 0 Å². The van der Waals surface area contributed by atoms with Crippen LogP contribution in [0.5, 0.6) is 0 Å². The van der Waals surface area contributed by atoms with Crippen molar-refractivity contribution in [2.75, 3.05) is 6.54 Å². The van der Waals surface area contributed by atoms with Crippen LogP contribution in [-0.2, 0) is 0 Å². The smallest absolute Gasteiger partial charge is 0.181 e. The van der Waals surface area contributed by atoms with Crippen LogP contribution in [0.4, 0.5) is 0 Å². The molecule has 1 unspecified atom stereocenters. The van der Waals surface area contributed by atoms with E-state index in [-0.39, 0.29) is 5.92 Å². The van der Waals surface area contributed by atoms with Gasteiger partial charge in [0.2, 0.25) is 0 Å². The zero-order chi connectivity index (χ0) is 31.9. The number of aromatic nitrogens is 3. The van der Waals surface area contributed by atoms with Crippen LogP contribution in [0.3, 0.4) is 0 Å². The zero-order valence-electron chi connectivity index (χ0n) is 25.8. The van der Waals surface area contributed by atoms with Crippen LogP contribution in [0.25, 0.3) is 66.4 Å². The van der Waals surface area contributed by atoms with E-state index in [9.17, 15) is 0 Å². The van der Waals surface area contributed by atoms with Gasteiger partial charge < -0.3 is 8.83 Å². The van der Waals surface area contributed by atoms with Crippen LogP contribution >= 0.6 is 0 Å². The average Bonchev–Trinajstić information content (AvgIpc) is 3.91. The summed E-state index contributed by atoms with van der Waals surface area (Å²) in [6.07, 6.45) is 12.5. The van der Waals surface area contributed by atoms with E-state index < -0.39 is 0 Å². The lowest BCUT2D eigenvalue weighted by Gasteiger charge is -2.20. The highest BCUT2D eigenvalue weighted by Gasteiger charge is 2.22. The van der Waals surface area contributed by atoms with Gasteiger partial charge in [-0.3, -0.25) is 9.98 Å². The number of allylic oxidation sites excluding steroid dienone is 1. The standard InChI is InChI=1S/C42H28N4O2/c1-2-7-27(8-3-1)28-9-6-10-29(19-28)30-13-16-35-36(20-30)42(38-18-15-32(22-46-38)40-24-44-26-48-40)34-12-5-4-11-33(34)41(35)37-17-14-31(21-45-37)39-23-43-25-47-39/h1-21,23-26,32H,22H2. The van der Waals surface area contributed by atoms with Gasteiger partial charge in [0.1, 0.15) is 5.76 Å². The van der Waals surface area contributed by atoms with Gasteiger partial charge in [-0.25, -0.2) is 9.97 Å². The predicted octanol–water partition coefficient (Wildman–Crippen LogP) is 10.2. The molecule has 0 saturated carbocycles. The third-order valence-corrected chi connectivity index (χ3v) is 9.08. The Bertz CT molecular complexity index is 2460. The summed E-state index contributed by atoms with van der Waals surface area (Å²) in [6, 6.07) is 38.7. The molecule has 0 fully saturated rings. The minimum absolute atomic E-state index is 0.0522. The van der Waals surface area contributed by atoms with Gasteiger partial charge in [0, 0.05) is 22.9 Å². The van der Waals surface area contributed by atoms with Gasteiger partial charge in [0.05, 0.1) is 36.3 Å². The van der Waals surface area contributed by atoms with E-state index in [1.54, 1.807) is 12.4 Å². The Morgan fingerprint density at radius 1 is 0.542 bits per heavy atom. The summed E-state index contributed by atoms with van der Waals surface area (Å²) in [7, 11) is 0. The molecule has 0 radical (unpaired) electrons. The van der Waals surface area contributed by atoms with Gasteiger partial charge in [0.15, 0.2) is 18.5 Å². The first kappa shape index (κ1) is 27.9. The van der Waals surface area contributed by atoms with Crippen molar-refractivity contribution in [3.63, 3.8) is 0 Å². The summed E-state index contributed by atoms with van der Waals surface area (Å²) in [5.41, 5.74) is 9.56. The Kier molecular flexibility index (Phi) is 6.82. The summed E-state index contributed by atoms with van der Waals surface area (Å²) >= 11 is 0. The molecule has 4 heterocycles. The number of fused-ring (bicyclic) bond motifs is 2. The van der Waals surface area contributed by atoms with Crippen LogP contribution in [0.15, 0.2) is 167 Å². The van der Waals surface area contributed by atoms with E-state index in [1.807, 2.05) is 18.3 Å². The van der Waals surface area contributed by atoms with E-state index in [2.05, 4.69) is 119 Å². The van der Waals surface area contributed by atoms with Gasteiger partial charge in [0.25, 0.3) is 0 Å². The van der Waals surface area contributed by atoms with Crippen molar-refractivity contribution < 1.29 is 8.83 Å². The van der Waals surface area contributed by atoms with Crippen molar-refractivity contribution >= 4 is 27.3 Å². The maximum absolute atomic E-state index is 5.61. The minimum atomic E-state index is 0.0522. The summed E-state index contributed by atoms with van der Waals surface area (Å²) in [5, 5.41) is 4.47. The largest absolute Gasteiger partial charge is 0.448 e. The monoisotopic (exact) mass is 620 g/mol. The number of oxazole rings is 2. The summed E-state index contributed by atoms with van der Waals surface area (Å²) in [6.45, 7) is 0.585. The third kappa shape index (κ3) is 4.91. The molecule has 0 aliphatic carbocycles. The Hall–Kier alpha value is -6.40. The van der Waals surface area contributed by atoms with Crippen LogP contribution in [0, 0.1) is 0 Å². The van der Waals surface area contributed by atoms with Gasteiger partial charge in [-0.1, -0.05) is 91.0 Å². The SMILES string of the molecule is C1=CC(c2cnco2)CN=C1c1c2ccccc2c(-c2ccc(-c3cnco3)cn2)c2ccc(-c3cccc(-c4ccccc4)c3)cc12. The Morgan fingerprint density at radius 2 is 1.25 bits per heavy atom. The first-order valence-electron chi connectivity index (χ1n) is 15.9. The van der Waals surface area contributed by atoms with E-state index in [1.165, 1.54) is 23.9 Å². The molecule has 6 heteroatoms. The molecule has 9 rings (SSSR count). The maximum atomic E-state index is 5.61. The minimum Gasteiger partial charge on any atom is -0.448 e. The van der Waals surface area contributed by atoms with Crippen LogP contribution in [0.1, 0.15) is 17.2 Å². The maximum Gasteiger partial charge on any atom is 0.181 e. The molecule has 48 heavy (non-hydrogen) atoms. The second-order valence-electron chi connectivity index (χ2n) is 11.9. The van der Waals surface area contributed by atoms with Crippen LogP contribution in [0.2, 0.25) is 0 Å². The summed E-state index contributed by atoms with van der Waals surface area (Å²) in [5.74, 6) is 1.56. The quantitative estimate of drug-likeness (QED) is 0.173. The van der Waals surface area contributed by atoms with Crippen LogP contribution < -0.4 is 0 Å². The van der Waals surface area contributed by atoms with Gasteiger partial charge >= 0.3 is 0 Å². The van der Waals surface area contributed by atoms with Crippen molar-refractivity contribution in [2.45, 2.75) is 5.92 Å². The second kappa shape index (κ2) is 11.8. The molecule has 5 aromatic carbocycles. The molecule has 0 N–H and O–H groups in total. The molecule has 8 aromatic rings. The second-order valence-corrected chi connectivity index (χ2v) is 11.9. The average molecular weight is 621 g/mol. The Balaban J connectivity index is 1.26. The van der Waals surface area contributed by atoms with E-state index in [4.69, 9.17) is 18.8 Å². The van der Waals surface area contributed by atoms with Crippen molar-refractivity contribution in [1.29, 1.82) is 0 Å². The molecule has 1 aliphatic heterocycles. The molecular weight excluding hydrogens is 592 g/mol. The fourth-order valence-electron chi connectivity index (χ4n) is 6.74. The first-order chi connectivity index (χ1) is 23.8. The number of pyridine rings is 1. The van der Waals surface area contributed by atoms with Gasteiger partial charge in [-0.15, -0.1) is 0 Å². The number of aliphatic imine (C=N–C) groups is 1. The lowest BCUT2D eigenvalue weighted by atomic mass is 9.85. The molecule has 1 atom stereocenters. The van der Waals surface area contributed by atoms with Crippen molar-refractivity contribution in [3.8, 4) is 44.8 Å². The highest BCUT2D eigenvalue weighted by atomic mass is 16.3. The van der Waals surface area contributed by atoms with E-state index in [0.29, 0.717) is 12.3 Å². The highest BCUT2D eigenvalue weighted by molar-refractivity contribution is 6.28. The third-order valence-electron chi connectivity index (χ3n) is 9.08. The zero-order valence-corrected chi connectivity index (χ0v) is 25.8. The molecule has 228 valence electrons. The van der Waals surface area contributed by atoms with E-state index in [0.717, 1.165) is 66.5 Å². The first-order valence-corrected chi connectivity index (χ1v) is 15.9. The predicted molar refractivity (Wildman–Crippen MR) is 191 cm³/mol. The molecule has 0 saturated heterocycles. The topological polar surface area (TPSA) is 77.3 Å². The lowest BCUT2D eigenvalue weighted by molar-refractivity contribution is 0.487. The number of nitrogens with zero attached hydrogens (tertiary/aromatic N) is 4. The number of hydrogen-bond donors (Lipinski definition) is 0. The molecule has 0 spiro atoms. The molecule has 6 nitrogen and oxygen atoms in total. The number of benzene rings is 5. The fourth-order valence-corrected chi connectivity index (χ4v) is 6.74. The summed E-state index contributed by atoms with van der Waals surface area (Å²) < 4.78 is 11.1. The highest BCUT2D eigenvalue weighted by Crippen LogP contribution is 2.42. The molecule has 1 aliphatic rings. The van der Waals surface area contributed by atoms with Crippen molar-refractivity contribution in [1.82, 2.24) is 15.0 Å². The normalized spacial score (nSPS) is 14.4. The number of dihydropyridines is 1. The number of rotatable bonds is 6. The molecular formula is C42H28N4O2. The van der Waals surface area contributed by atoms with Gasteiger partial charge in [-0.2, -0.15) is 0 Å².